The summed E-state index contributed by atoms with van der Waals surface area (Å²) in [6.45, 7) is 1.64. The Labute approximate surface area is 132 Å². The summed E-state index contributed by atoms with van der Waals surface area (Å²) in [5.41, 5.74) is 0.963. The van der Waals surface area contributed by atoms with Crippen molar-refractivity contribution in [2.45, 2.75) is 6.10 Å². The Morgan fingerprint density at radius 1 is 1.45 bits per heavy atom. The summed E-state index contributed by atoms with van der Waals surface area (Å²) in [6.07, 6.45) is -0.431. The molecule has 0 saturated carbocycles. The number of halogens is 1. The molecule has 22 heavy (non-hydrogen) atoms. The van der Waals surface area contributed by atoms with Gasteiger partial charge in [-0.25, -0.2) is 0 Å². The highest BCUT2D eigenvalue weighted by Crippen LogP contribution is 2.23. The summed E-state index contributed by atoms with van der Waals surface area (Å²) in [5.74, 6) is 0.176. The molecule has 1 amide bonds. The van der Waals surface area contributed by atoms with E-state index in [-0.39, 0.29) is 17.5 Å². The molecule has 0 spiro atoms. The lowest BCUT2D eigenvalue weighted by Crippen LogP contribution is -2.34. The summed E-state index contributed by atoms with van der Waals surface area (Å²) in [5, 5.41) is 19.9. The van der Waals surface area contributed by atoms with Gasteiger partial charge in [0.1, 0.15) is 0 Å². The van der Waals surface area contributed by atoms with E-state index in [9.17, 15) is 9.90 Å². The molecule has 0 radical (unpaired) electrons. The predicted molar refractivity (Wildman–Crippen MR) is 81.6 cm³/mol. The van der Waals surface area contributed by atoms with E-state index in [1.807, 2.05) is 6.07 Å². The first-order chi connectivity index (χ1) is 10.6. The molecule has 1 fully saturated rings. The molecule has 1 aliphatic rings. The zero-order valence-electron chi connectivity index (χ0n) is 11.8. The van der Waals surface area contributed by atoms with Crippen molar-refractivity contribution in [3.05, 3.63) is 41.0 Å². The SMILES string of the molecule is O=C(NCC1CNCC1O)c1cc(-c2cccc(Cl)c2)on1. The number of β-amino-alcohol motifs (C(OH)–C–C–N with tert-alkyl or cyclic N) is 1. The Morgan fingerprint density at radius 2 is 2.32 bits per heavy atom. The molecule has 1 aromatic carbocycles. The van der Waals surface area contributed by atoms with Gasteiger partial charge in [0.15, 0.2) is 11.5 Å². The van der Waals surface area contributed by atoms with Crippen molar-refractivity contribution in [3.8, 4) is 11.3 Å². The molecule has 3 N–H and O–H groups in total. The van der Waals surface area contributed by atoms with Crippen LogP contribution in [0.2, 0.25) is 5.02 Å². The fourth-order valence-corrected chi connectivity index (χ4v) is 2.59. The predicted octanol–water partition coefficient (Wildman–Crippen LogP) is 1.31. The van der Waals surface area contributed by atoms with E-state index in [0.717, 1.165) is 5.56 Å². The second-order valence-corrected chi connectivity index (χ2v) is 5.72. The third-order valence-corrected chi connectivity index (χ3v) is 3.92. The number of nitrogens with one attached hydrogen (secondary N) is 2. The number of nitrogens with zero attached hydrogens (tertiary/aromatic N) is 1. The lowest BCUT2D eigenvalue weighted by atomic mass is 10.1. The van der Waals surface area contributed by atoms with E-state index in [4.69, 9.17) is 16.1 Å². The van der Waals surface area contributed by atoms with Gasteiger partial charge in [0.2, 0.25) is 0 Å². The first kappa shape index (κ1) is 15.0. The van der Waals surface area contributed by atoms with Crippen LogP contribution >= 0.6 is 11.6 Å². The molecule has 7 heteroatoms. The number of carbonyl (C=O) groups excluding carboxylic acids is 1. The highest BCUT2D eigenvalue weighted by atomic mass is 35.5. The minimum absolute atomic E-state index is 0.0169. The van der Waals surface area contributed by atoms with E-state index in [1.165, 1.54) is 0 Å². The van der Waals surface area contributed by atoms with Crippen molar-refractivity contribution >= 4 is 17.5 Å². The summed E-state index contributed by atoms with van der Waals surface area (Å²) in [6, 6.07) is 8.70. The van der Waals surface area contributed by atoms with Crippen LogP contribution in [0.3, 0.4) is 0 Å². The second-order valence-electron chi connectivity index (χ2n) is 5.28. The van der Waals surface area contributed by atoms with Crippen LogP contribution in [0, 0.1) is 5.92 Å². The van der Waals surface area contributed by atoms with Gasteiger partial charge in [0.05, 0.1) is 6.10 Å². The van der Waals surface area contributed by atoms with Crippen molar-refractivity contribution in [2.24, 2.45) is 5.92 Å². The minimum atomic E-state index is -0.431. The van der Waals surface area contributed by atoms with Crippen LogP contribution in [0.4, 0.5) is 0 Å². The number of aliphatic hydroxyl groups excluding tert-OH is 1. The standard InChI is InChI=1S/C15H16ClN3O3/c16-11-3-1-2-9(4-11)14-5-12(19-22-14)15(21)18-7-10-6-17-8-13(10)20/h1-5,10,13,17,20H,6-8H2,(H,18,21). The molecule has 2 atom stereocenters. The first-order valence-electron chi connectivity index (χ1n) is 7.03. The Kier molecular flexibility index (Phi) is 4.42. The average molecular weight is 322 g/mol. The highest BCUT2D eigenvalue weighted by Gasteiger charge is 2.25. The molecule has 2 heterocycles. The molecule has 3 rings (SSSR count). The maximum atomic E-state index is 12.1. The Morgan fingerprint density at radius 3 is 3.05 bits per heavy atom. The maximum Gasteiger partial charge on any atom is 0.273 e. The number of hydrogen-bond acceptors (Lipinski definition) is 5. The summed E-state index contributed by atoms with van der Waals surface area (Å²) in [4.78, 5) is 12.1. The lowest BCUT2D eigenvalue weighted by Gasteiger charge is -2.13. The summed E-state index contributed by atoms with van der Waals surface area (Å²) < 4.78 is 5.19. The second kappa shape index (κ2) is 6.48. The van der Waals surface area contributed by atoms with Crippen LogP contribution in [0.15, 0.2) is 34.9 Å². The van der Waals surface area contributed by atoms with Crippen molar-refractivity contribution in [1.82, 2.24) is 15.8 Å². The molecule has 2 aromatic rings. The summed E-state index contributed by atoms with van der Waals surface area (Å²) >= 11 is 5.93. The van der Waals surface area contributed by atoms with Gasteiger partial charge in [-0.3, -0.25) is 4.79 Å². The van der Waals surface area contributed by atoms with Crippen LogP contribution in [-0.2, 0) is 0 Å². The third-order valence-electron chi connectivity index (χ3n) is 3.68. The van der Waals surface area contributed by atoms with Gasteiger partial charge in [-0.05, 0) is 12.1 Å². The zero-order chi connectivity index (χ0) is 15.5. The van der Waals surface area contributed by atoms with E-state index >= 15 is 0 Å². The molecular formula is C15H16ClN3O3. The van der Waals surface area contributed by atoms with E-state index in [2.05, 4.69) is 15.8 Å². The van der Waals surface area contributed by atoms with Gasteiger partial charge in [-0.15, -0.1) is 0 Å². The molecule has 0 aliphatic carbocycles. The number of rotatable bonds is 4. The molecule has 2 unspecified atom stereocenters. The fourth-order valence-electron chi connectivity index (χ4n) is 2.40. The molecule has 1 aromatic heterocycles. The Bertz CT molecular complexity index is 674. The van der Waals surface area contributed by atoms with Crippen LogP contribution in [-0.4, -0.2) is 41.9 Å². The topological polar surface area (TPSA) is 87.4 Å². The Balaban J connectivity index is 1.64. The molecule has 6 nitrogen and oxygen atoms in total. The zero-order valence-corrected chi connectivity index (χ0v) is 12.5. The first-order valence-corrected chi connectivity index (χ1v) is 7.41. The summed E-state index contributed by atoms with van der Waals surface area (Å²) in [7, 11) is 0. The normalized spacial score (nSPS) is 21.0. The molecule has 0 bridgehead atoms. The molecule has 116 valence electrons. The largest absolute Gasteiger partial charge is 0.391 e. The third kappa shape index (κ3) is 3.30. The molecule has 1 saturated heterocycles. The van der Waals surface area contributed by atoms with Crippen molar-refractivity contribution in [2.75, 3.05) is 19.6 Å². The number of hydrogen-bond donors (Lipinski definition) is 3. The van der Waals surface area contributed by atoms with Gasteiger partial charge in [0, 0.05) is 42.2 Å². The van der Waals surface area contributed by atoms with Crippen LogP contribution in [0.25, 0.3) is 11.3 Å². The van der Waals surface area contributed by atoms with Crippen LogP contribution < -0.4 is 10.6 Å². The van der Waals surface area contributed by atoms with E-state index in [0.29, 0.717) is 30.4 Å². The number of benzene rings is 1. The van der Waals surface area contributed by atoms with Crippen molar-refractivity contribution < 1.29 is 14.4 Å². The lowest BCUT2D eigenvalue weighted by molar-refractivity contribution is 0.0918. The maximum absolute atomic E-state index is 12.1. The van der Waals surface area contributed by atoms with E-state index in [1.54, 1.807) is 24.3 Å². The fraction of sp³-hybridized carbons (Fsp3) is 0.333. The smallest absolute Gasteiger partial charge is 0.273 e. The number of aliphatic hydroxyl groups is 1. The number of carbonyl (C=O) groups is 1. The molecule has 1 aliphatic heterocycles. The van der Waals surface area contributed by atoms with Crippen LogP contribution in [0.1, 0.15) is 10.5 Å². The van der Waals surface area contributed by atoms with Crippen molar-refractivity contribution in [3.63, 3.8) is 0 Å². The van der Waals surface area contributed by atoms with Crippen molar-refractivity contribution in [1.29, 1.82) is 0 Å². The highest BCUT2D eigenvalue weighted by molar-refractivity contribution is 6.30. The Hall–Kier alpha value is -1.89. The van der Waals surface area contributed by atoms with E-state index < -0.39 is 6.10 Å². The molecular weight excluding hydrogens is 306 g/mol. The minimum Gasteiger partial charge on any atom is -0.391 e. The van der Waals surface area contributed by atoms with Gasteiger partial charge < -0.3 is 20.3 Å². The average Bonchev–Trinajstić information content (AvgIpc) is 3.14. The number of aromatic nitrogens is 1. The monoisotopic (exact) mass is 321 g/mol. The quantitative estimate of drug-likeness (QED) is 0.790. The van der Waals surface area contributed by atoms with Gasteiger partial charge >= 0.3 is 0 Å². The van der Waals surface area contributed by atoms with Gasteiger partial charge in [0.25, 0.3) is 5.91 Å². The number of amides is 1. The van der Waals surface area contributed by atoms with Crippen LogP contribution in [0.5, 0.6) is 0 Å². The van der Waals surface area contributed by atoms with Gasteiger partial charge in [-0.1, -0.05) is 28.9 Å². The van der Waals surface area contributed by atoms with Gasteiger partial charge in [-0.2, -0.15) is 0 Å².